The quantitative estimate of drug-likeness (QED) is 0.749. The zero-order valence-electron chi connectivity index (χ0n) is 14.4. The molecule has 0 radical (unpaired) electrons. The van der Waals surface area contributed by atoms with Gasteiger partial charge in [-0.15, -0.1) is 11.8 Å². The Morgan fingerprint density at radius 3 is 2.33 bits per heavy atom. The van der Waals surface area contributed by atoms with Crippen molar-refractivity contribution in [2.45, 2.75) is 41.9 Å². The van der Waals surface area contributed by atoms with Gasteiger partial charge in [0.25, 0.3) is 11.8 Å². The number of piperidine rings is 2. The van der Waals surface area contributed by atoms with E-state index in [0.29, 0.717) is 4.90 Å². The largest absolute Gasteiger partial charge is 0.317 e. The van der Waals surface area contributed by atoms with E-state index >= 15 is 0 Å². The Morgan fingerprint density at radius 1 is 1.00 bits per heavy atom. The van der Waals surface area contributed by atoms with Gasteiger partial charge in [-0.1, -0.05) is 0 Å². The molecule has 4 amide bonds. The van der Waals surface area contributed by atoms with Gasteiger partial charge in [0.15, 0.2) is 0 Å². The number of hydrogen-bond acceptors (Lipinski definition) is 6. The van der Waals surface area contributed by atoms with Gasteiger partial charge in [-0.3, -0.25) is 29.4 Å². The maximum absolute atomic E-state index is 14.6. The van der Waals surface area contributed by atoms with Crippen LogP contribution in [0.2, 0.25) is 0 Å². The lowest BCUT2D eigenvalue weighted by molar-refractivity contribution is -0.136. The van der Waals surface area contributed by atoms with Crippen LogP contribution < -0.4 is 10.6 Å². The fourth-order valence-corrected chi connectivity index (χ4v) is 4.84. The van der Waals surface area contributed by atoms with Crippen molar-refractivity contribution in [3.8, 4) is 0 Å². The minimum atomic E-state index is -1.04. The molecule has 142 valence electrons. The lowest BCUT2D eigenvalue weighted by Gasteiger charge is -2.27. The van der Waals surface area contributed by atoms with Crippen LogP contribution in [0, 0.1) is 5.82 Å². The second-order valence-corrected chi connectivity index (χ2v) is 8.18. The smallest absolute Gasteiger partial charge is 0.262 e. The van der Waals surface area contributed by atoms with Gasteiger partial charge < -0.3 is 5.32 Å². The number of nitrogens with zero attached hydrogens (tertiary/aromatic N) is 1. The van der Waals surface area contributed by atoms with Gasteiger partial charge in [0.1, 0.15) is 11.9 Å². The number of carbonyl (C=O) groups is 4. The summed E-state index contributed by atoms with van der Waals surface area (Å²) in [5, 5.41) is 5.64. The van der Waals surface area contributed by atoms with E-state index in [2.05, 4.69) is 10.6 Å². The van der Waals surface area contributed by atoms with Crippen molar-refractivity contribution < 1.29 is 23.6 Å². The van der Waals surface area contributed by atoms with Crippen molar-refractivity contribution in [2.24, 2.45) is 0 Å². The highest BCUT2D eigenvalue weighted by molar-refractivity contribution is 8.00. The van der Waals surface area contributed by atoms with Gasteiger partial charge in [0.2, 0.25) is 11.8 Å². The van der Waals surface area contributed by atoms with E-state index in [-0.39, 0.29) is 29.2 Å². The van der Waals surface area contributed by atoms with Gasteiger partial charge in [0.05, 0.1) is 11.1 Å². The summed E-state index contributed by atoms with van der Waals surface area (Å²) in [6, 6.07) is 1.47. The molecule has 1 atom stereocenters. The van der Waals surface area contributed by atoms with Crippen LogP contribution in [0.1, 0.15) is 46.4 Å². The number of hydrogen-bond donors (Lipinski definition) is 2. The molecule has 0 bridgehead atoms. The number of amides is 4. The number of thioether (sulfide) groups is 1. The summed E-state index contributed by atoms with van der Waals surface area (Å²) in [4.78, 5) is 50.0. The average molecular weight is 391 g/mol. The third-order valence-corrected chi connectivity index (χ3v) is 6.44. The molecule has 2 saturated heterocycles. The summed E-state index contributed by atoms with van der Waals surface area (Å²) in [5.74, 6) is -2.95. The molecule has 3 aliphatic rings. The average Bonchev–Trinajstić information content (AvgIpc) is 2.87. The lowest BCUT2D eigenvalue weighted by atomic mass is 10.0. The van der Waals surface area contributed by atoms with Crippen LogP contribution in [-0.2, 0) is 9.59 Å². The van der Waals surface area contributed by atoms with Crippen molar-refractivity contribution in [3.05, 3.63) is 29.1 Å². The van der Waals surface area contributed by atoms with Crippen LogP contribution >= 0.6 is 11.8 Å². The number of carbonyl (C=O) groups excluding carboxylic acids is 4. The molecular formula is C18H18FN3O4S. The molecule has 0 aromatic heterocycles. The Kier molecular flexibility index (Phi) is 4.73. The van der Waals surface area contributed by atoms with Crippen molar-refractivity contribution in [1.29, 1.82) is 0 Å². The monoisotopic (exact) mass is 391 g/mol. The Morgan fingerprint density at radius 2 is 1.67 bits per heavy atom. The molecule has 3 aliphatic heterocycles. The molecule has 27 heavy (non-hydrogen) atoms. The molecule has 0 saturated carbocycles. The number of rotatable bonds is 3. The molecule has 0 aliphatic carbocycles. The van der Waals surface area contributed by atoms with E-state index in [9.17, 15) is 23.6 Å². The lowest BCUT2D eigenvalue weighted by Crippen LogP contribution is -2.54. The number of nitrogens with one attached hydrogen (secondary N) is 2. The first-order valence-corrected chi connectivity index (χ1v) is 9.76. The molecule has 9 heteroatoms. The molecule has 2 N–H and O–H groups in total. The van der Waals surface area contributed by atoms with E-state index in [1.54, 1.807) is 0 Å². The molecule has 3 heterocycles. The topological polar surface area (TPSA) is 95.6 Å². The Hall–Kier alpha value is -2.26. The Balaban J connectivity index is 1.61. The molecule has 1 aromatic carbocycles. The third kappa shape index (κ3) is 3.25. The van der Waals surface area contributed by atoms with Crippen molar-refractivity contribution in [1.82, 2.24) is 15.5 Å². The van der Waals surface area contributed by atoms with E-state index in [0.717, 1.165) is 36.9 Å². The maximum atomic E-state index is 14.6. The van der Waals surface area contributed by atoms with Crippen LogP contribution in [0.5, 0.6) is 0 Å². The number of imide groups is 2. The van der Waals surface area contributed by atoms with Crippen LogP contribution in [0.4, 0.5) is 4.39 Å². The van der Waals surface area contributed by atoms with Crippen LogP contribution in [-0.4, -0.2) is 52.9 Å². The van der Waals surface area contributed by atoms with E-state index < -0.39 is 35.5 Å². The second kappa shape index (κ2) is 7.05. The highest BCUT2D eigenvalue weighted by Crippen LogP contribution is 2.36. The van der Waals surface area contributed by atoms with E-state index in [1.807, 2.05) is 0 Å². The van der Waals surface area contributed by atoms with Crippen molar-refractivity contribution in [3.63, 3.8) is 0 Å². The molecule has 1 aromatic rings. The summed E-state index contributed by atoms with van der Waals surface area (Å²) in [5.41, 5.74) is 0.0828. The van der Waals surface area contributed by atoms with Gasteiger partial charge in [-0.25, -0.2) is 4.39 Å². The second-order valence-electron chi connectivity index (χ2n) is 6.84. The molecule has 7 nitrogen and oxygen atoms in total. The summed E-state index contributed by atoms with van der Waals surface area (Å²) in [7, 11) is 0. The van der Waals surface area contributed by atoms with E-state index in [4.69, 9.17) is 0 Å². The van der Waals surface area contributed by atoms with Crippen molar-refractivity contribution in [2.75, 3.05) is 13.1 Å². The molecule has 4 rings (SSSR count). The fourth-order valence-electron chi connectivity index (χ4n) is 3.65. The summed E-state index contributed by atoms with van der Waals surface area (Å²) in [6.45, 7) is 1.73. The minimum absolute atomic E-state index is 0.0307. The first kappa shape index (κ1) is 18.1. The first-order valence-electron chi connectivity index (χ1n) is 8.88. The Bertz CT molecular complexity index is 853. The number of fused-ring (bicyclic) bond motifs is 1. The fraction of sp³-hybridized carbons (Fsp3) is 0.444. The standard InChI is InChI=1S/C18H18FN3O4S/c19-12-7-10-11(8-14(12)27-9-3-5-20-6-4-9)18(26)22(17(10)25)13-1-2-15(23)21-16(13)24/h7-9,13,20H,1-6H2,(H,21,23,24). The highest BCUT2D eigenvalue weighted by atomic mass is 32.2. The first-order chi connectivity index (χ1) is 13.0. The molecule has 1 unspecified atom stereocenters. The van der Waals surface area contributed by atoms with Crippen LogP contribution in [0.3, 0.4) is 0 Å². The Labute approximate surface area is 159 Å². The molecular weight excluding hydrogens is 373 g/mol. The predicted molar refractivity (Wildman–Crippen MR) is 94.8 cm³/mol. The minimum Gasteiger partial charge on any atom is -0.317 e. The highest BCUT2D eigenvalue weighted by Gasteiger charge is 2.45. The summed E-state index contributed by atoms with van der Waals surface area (Å²) in [6.07, 6.45) is 1.93. The zero-order chi connectivity index (χ0) is 19.1. The van der Waals surface area contributed by atoms with Crippen LogP contribution in [0.15, 0.2) is 17.0 Å². The van der Waals surface area contributed by atoms with Gasteiger partial charge in [-0.05, 0) is 44.5 Å². The third-order valence-electron chi connectivity index (χ3n) is 5.07. The van der Waals surface area contributed by atoms with Gasteiger partial charge in [-0.2, -0.15) is 0 Å². The van der Waals surface area contributed by atoms with Gasteiger partial charge in [0, 0.05) is 16.6 Å². The normalized spacial score (nSPS) is 23.6. The predicted octanol–water partition coefficient (Wildman–Crippen LogP) is 1.07. The van der Waals surface area contributed by atoms with Crippen LogP contribution in [0.25, 0.3) is 0 Å². The zero-order valence-corrected chi connectivity index (χ0v) is 15.2. The van der Waals surface area contributed by atoms with Crippen molar-refractivity contribution >= 4 is 35.4 Å². The number of halogens is 1. The van der Waals surface area contributed by atoms with Gasteiger partial charge >= 0.3 is 0 Å². The summed E-state index contributed by atoms with van der Waals surface area (Å²) < 4.78 is 14.6. The molecule has 2 fully saturated rings. The number of benzene rings is 1. The summed E-state index contributed by atoms with van der Waals surface area (Å²) >= 11 is 1.38. The molecule has 0 spiro atoms. The SMILES string of the molecule is O=C1CCC(N2C(=O)c3cc(F)c(SC4CCNCC4)cc3C2=O)C(=O)N1. The maximum Gasteiger partial charge on any atom is 0.262 e. The van der Waals surface area contributed by atoms with E-state index in [1.165, 1.54) is 17.8 Å².